The van der Waals surface area contributed by atoms with E-state index in [1.807, 2.05) is 4.90 Å². The predicted octanol–water partition coefficient (Wildman–Crippen LogP) is 1.13. The minimum absolute atomic E-state index is 0.0243. The number of carbonyl (C=O) groups excluding carboxylic acids is 1. The van der Waals surface area contributed by atoms with E-state index in [0.29, 0.717) is 18.2 Å². The summed E-state index contributed by atoms with van der Waals surface area (Å²) in [7, 11) is 0. The van der Waals surface area contributed by atoms with E-state index in [-0.39, 0.29) is 11.9 Å². The molecule has 1 aliphatic heterocycles. The summed E-state index contributed by atoms with van der Waals surface area (Å²) in [5, 5.41) is 5.53. The SMILES string of the molecule is CCC1CCN(C(=O)c2csnn2)C(CN)C1. The smallest absolute Gasteiger partial charge is 0.275 e. The third-order valence-electron chi connectivity index (χ3n) is 3.51. The number of nitrogens with two attached hydrogens (primary N) is 1. The molecule has 94 valence electrons. The fourth-order valence-corrected chi connectivity index (χ4v) is 2.83. The van der Waals surface area contributed by atoms with E-state index in [0.717, 1.165) is 25.8 Å². The van der Waals surface area contributed by atoms with Gasteiger partial charge in [-0.1, -0.05) is 17.8 Å². The van der Waals surface area contributed by atoms with E-state index >= 15 is 0 Å². The fraction of sp³-hybridized carbons (Fsp3) is 0.727. The molecule has 6 heteroatoms. The maximum atomic E-state index is 12.2. The molecule has 1 aromatic heterocycles. The quantitative estimate of drug-likeness (QED) is 0.877. The second-order valence-corrected chi connectivity index (χ2v) is 5.09. The van der Waals surface area contributed by atoms with Gasteiger partial charge in [-0.2, -0.15) is 0 Å². The maximum Gasteiger partial charge on any atom is 0.275 e. The standard InChI is InChI=1S/C11H18N4OS/c1-2-8-3-4-15(9(5-8)6-12)11(16)10-7-17-14-13-10/h7-9H,2-6,12H2,1H3. The van der Waals surface area contributed by atoms with Crippen LogP contribution in [0.3, 0.4) is 0 Å². The summed E-state index contributed by atoms with van der Waals surface area (Å²) in [4.78, 5) is 14.1. The number of nitrogens with zero attached hydrogens (tertiary/aromatic N) is 3. The number of aromatic nitrogens is 2. The van der Waals surface area contributed by atoms with E-state index in [1.54, 1.807) is 5.38 Å². The lowest BCUT2D eigenvalue weighted by Gasteiger charge is -2.38. The summed E-state index contributed by atoms with van der Waals surface area (Å²) < 4.78 is 3.73. The summed E-state index contributed by atoms with van der Waals surface area (Å²) >= 11 is 1.21. The highest BCUT2D eigenvalue weighted by atomic mass is 32.1. The Bertz CT molecular complexity index is 368. The average molecular weight is 254 g/mol. The molecular weight excluding hydrogens is 236 g/mol. The molecule has 2 unspecified atom stereocenters. The van der Waals surface area contributed by atoms with Gasteiger partial charge in [0.2, 0.25) is 0 Å². The molecule has 0 radical (unpaired) electrons. The van der Waals surface area contributed by atoms with E-state index in [2.05, 4.69) is 16.5 Å². The number of piperidine rings is 1. The van der Waals surface area contributed by atoms with Crippen LogP contribution in [0, 0.1) is 5.92 Å². The molecule has 0 aromatic carbocycles. The largest absolute Gasteiger partial charge is 0.333 e. The lowest BCUT2D eigenvalue weighted by atomic mass is 9.89. The monoisotopic (exact) mass is 254 g/mol. The van der Waals surface area contributed by atoms with Gasteiger partial charge < -0.3 is 10.6 Å². The Morgan fingerprint density at radius 1 is 1.71 bits per heavy atom. The fourth-order valence-electron chi connectivity index (χ4n) is 2.40. The summed E-state index contributed by atoms with van der Waals surface area (Å²) in [6, 6.07) is 0.155. The molecule has 1 fully saturated rings. The molecule has 1 saturated heterocycles. The van der Waals surface area contributed by atoms with Gasteiger partial charge in [-0.15, -0.1) is 5.10 Å². The summed E-state index contributed by atoms with van der Waals surface area (Å²) in [6.45, 7) is 3.51. The molecule has 1 aliphatic rings. The van der Waals surface area contributed by atoms with Crippen molar-refractivity contribution < 1.29 is 4.79 Å². The Hall–Kier alpha value is -1.01. The van der Waals surface area contributed by atoms with Crippen molar-refractivity contribution in [3.05, 3.63) is 11.1 Å². The third kappa shape index (κ3) is 2.63. The van der Waals surface area contributed by atoms with Gasteiger partial charge in [-0.05, 0) is 30.3 Å². The maximum absolute atomic E-state index is 12.2. The molecule has 2 N–H and O–H groups in total. The number of hydrogen-bond donors (Lipinski definition) is 1. The number of hydrogen-bond acceptors (Lipinski definition) is 5. The normalized spacial score (nSPS) is 24.9. The van der Waals surface area contributed by atoms with Gasteiger partial charge in [0.25, 0.3) is 5.91 Å². The second-order valence-electron chi connectivity index (χ2n) is 4.48. The first kappa shape index (κ1) is 12.4. The van der Waals surface area contributed by atoms with Crippen LogP contribution in [0.1, 0.15) is 36.7 Å². The van der Waals surface area contributed by atoms with Crippen molar-refractivity contribution in [1.82, 2.24) is 14.5 Å². The van der Waals surface area contributed by atoms with E-state index in [9.17, 15) is 4.79 Å². The van der Waals surface area contributed by atoms with Crippen LogP contribution in [-0.2, 0) is 0 Å². The molecular formula is C11H18N4OS. The van der Waals surface area contributed by atoms with Gasteiger partial charge in [0.05, 0.1) is 0 Å². The molecule has 5 nitrogen and oxygen atoms in total. The first-order chi connectivity index (χ1) is 8.26. The first-order valence-electron chi connectivity index (χ1n) is 6.04. The number of rotatable bonds is 3. The second kappa shape index (κ2) is 5.55. The Balaban J connectivity index is 2.07. The van der Waals surface area contributed by atoms with Crippen molar-refractivity contribution in [3.63, 3.8) is 0 Å². The van der Waals surface area contributed by atoms with Crippen molar-refractivity contribution in [2.45, 2.75) is 32.2 Å². The van der Waals surface area contributed by atoms with E-state index < -0.39 is 0 Å². The van der Waals surface area contributed by atoms with Crippen molar-refractivity contribution in [2.24, 2.45) is 11.7 Å². The van der Waals surface area contributed by atoms with Crippen molar-refractivity contribution in [2.75, 3.05) is 13.1 Å². The lowest BCUT2D eigenvalue weighted by molar-refractivity contribution is 0.0552. The number of carbonyl (C=O) groups is 1. The van der Waals surface area contributed by atoms with Crippen molar-refractivity contribution >= 4 is 17.4 Å². The van der Waals surface area contributed by atoms with Crippen molar-refractivity contribution in [3.8, 4) is 0 Å². The zero-order valence-corrected chi connectivity index (χ0v) is 10.8. The topological polar surface area (TPSA) is 72.1 Å². The molecule has 2 rings (SSSR count). The van der Waals surface area contributed by atoms with Crippen LogP contribution < -0.4 is 5.73 Å². The number of likely N-dealkylation sites (tertiary alicyclic amines) is 1. The average Bonchev–Trinajstić information content (AvgIpc) is 2.91. The summed E-state index contributed by atoms with van der Waals surface area (Å²) in [5.74, 6) is 0.671. The molecule has 2 atom stereocenters. The van der Waals surface area contributed by atoms with Gasteiger partial charge in [-0.3, -0.25) is 4.79 Å². The van der Waals surface area contributed by atoms with Gasteiger partial charge in [-0.25, -0.2) is 0 Å². The Labute approximate surface area is 105 Å². The highest BCUT2D eigenvalue weighted by Gasteiger charge is 2.31. The van der Waals surface area contributed by atoms with Gasteiger partial charge in [0, 0.05) is 24.5 Å². The highest BCUT2D eigenvalue weighted by Crippen LogP contribution is 2.25. The first-order valence-corrected chi connectivity index (χ1v) is 6.88. The Morgan fingerprint density at radius 2 is 2.53 bits per heavy atom. The minimum atomic E-state index is -0.0243. The Kier molecular flexibility index (Phi) is 4.06. The minimum Gasteiger partial charge on any atom is -0.333 e. The molecule has 1 aromatic rings. The van der Waals surface area contributed by atoms with Crippen LogP contribution in [0.4, 0.5) is 0 Å². The van der Waals surface area contributed by atoms with Crippen LogP contribution in [0.15, 0.2) is 5.38 Å². The molecule has 0 saturated carbocycles. The van der Waals surface area contributed by atoms with E-state index in [4.69, 9.17) is 5.73 Å². The molecule has 1 amide bonds. The number of amides is 1. The molecule has 0 bridgehead atoms. The molecule has 0 aliphatic carbocycles. The third-order valence-corrected chi connectivity index (χ3v) is 4.02. The molecule has 17 heavy (non-hydrogen) atoms. The molecule has 2 heterocycles. The van der Waals surface area contributed by atoms with Gasteiger partial charge >= 0.3 is 0 Å². The summed E-state index contributed by atoms with van der Waals surface area (Å²) in [6.07, 6.45) is 3.24. The van der Waals surface area contributed by atoms with E-state index in [1.165, 1.54) is 11.5 Å². The van der Waals surface area contributed by atoms with Gasteiger partial charge in [0.15, 0.2) is 5.69 Å². The van der Waals surface area contributed by atoms with Crippen LogP contribution in [0.25, 0.3) is 0 Å². The van der Waals surface area contributed by atoms with Crippen LogP contribution in [-0.4, -0.2) is 39.5 Å². The zero-order valence-electron chi connectivity index (χ0n) is 10.0. The lowest BCUT2D eigenvalue weighted by Crippen LogP contribution is -2.49. The highest BCUT2D eigenvalue weighted by molar-refractivity contribution is 7.03. The summed E-state index contributed by atoms with van der Waals surface area (Å²) in [5.41, 5.74) is 6.22. The van der Waals surface area contributed by atoms with Crippen LogP contribution in [0.2, 0.25) is 0 Å². The van der Waals surface area contributed by atoms with Gasteiger partial charge in [0.1, 0.15) is 0 Å². The Morgan fingerprint density at radius 3 is 3.12 bits per heavy atom. The zero-order chi connectivity index (χ0) is 12.3. The predicted molar refractivity (Wildman–Crippen MR) is 66.8 cm³/mol. The van der Waals surface area contributed by atoms with Crippen molar-refractivity contribution in [1.29, 1.82) is 0 Å². The van der Waals surface area contributed by atoms with Crippen LogP contribution >= 0.6 is 11.5 Å². The molecule has 0 spiro atoms. The van der Waals surface area contributed by atoms with Crippen LogP contribution in [0.5, 0.6) is 0 Å².